The van der Waals surface area contributed by atoms with Gasteiger partial charge in [0.25, 0.3) is 0 Å². The molecule has 0 aromatic heterocycles. The quantitative estimate of drug-likeness (QED) is 0.897. The minimum Gasteiger partial charge on any atom is -0.313 e. The van der Waals surface area contributed by atoms with Gasteiger partial charge in [-0.3, -0.25) is 4.90 Å². The zero-order valence-corrected chi connectivity index (χ0v) is 10.6. The third-order valence-corrected chi connectivity index (χ3v) is 3.27. The van der Waals surface area contributed by atoms with Crippen LogP contribution in [0.2, 0.25) is 0 Å². The van der Waals surface area contributed by atoms with Gasteiger partial charge in [0.15, 0.2) is 0 Å². The van der Waals surface area contributed by atoms with Crippen LogP contribution >= 0.6 is 15.9 Å². The van der Waals surface area contributed by atoms with Crippen molar-refractivity contribution in [2.45, 2.75) is 12.6 Å². The van der Waals surface area contributed by atoms with E-state index in [1.165, 1.54) is 5.56 Å². The van der Waals surface area contributed by atoms with Crippen molar-refractivity contribution in [3.63, 3.8) is 0 Å². The average molecular weight is 280 g/mol. The van der Waals surface area contributed by atoms with Crippen molar-refractivity contribution in [3.8, 4) is 6.07 Å². The van der Waals surface area contributed by atoms with Crippen molar-refractivity contribution in [2.75, 3.05) is 19.6 Å². The molecule has 1 aliphatic heterocycles. The smallest absolute Gasteiger partial charge is 0.111 e. The molecule has 1 heterocycles. The normalized spacial score (nSPS) is 21.6. The van der Waals surface area contributed by atoms with Crippen LogP contribution in [0, 0.1) is 11.3 Å². The first kappa shape index (κ1) is 11.6. The van der Waals surface area contributed by atoms with Crippen LogP contribution in [0.25, 0.3) is 0 Å². The molecule has 0 amide bonds. The molecule has 3 nitrogen and oxygen atoms in total. The summed E-state index contributed by atoms with van der Waals surface area (Å²) in [5.41, 5.74) is 1.25. The molecule has 0 saturated carbocycles. The fraction of sp³-hybridized carbons (Fsp3) is 0.417. The predicted octanol–water partition coefficient (Wildman–Crippen LogP) is 1.75. The molecule has 0 aliphatic carbocycles. The molecule has 1 aromatic rings. The van der Waals surface area contributed by atoms with E-state index >= 15 is 0 Å². The molecule has 1 atom stereocenters. The third-order valence-electron chi connectivity index (χ3n) is 2.78. The van der Waals surface area contributed by atoms with Gasteiger partial charge in [-0.05, 0) is 17.7 Å². The van der Waals surface area contributed by atoms with Crippen LogP contribution in [0.4, 0.5) is 0 Å². The molecular formula is C12H14BrN3. The Hall–Kier alpha value is -0.890. The van der Waals surface area contributed by atoms with Gasteiger partial charge >= 0.3 is 0 Å². The van der Waals surface area contributed by atoms with Gasteiger partial charge in [-0.15, -0.1) is 0 Å². The van der Waals surface area contributed by atoms with E-state index in [2.05, 4.69) is 44.3 Å². The third kappa shape index (κ3) is 2.82. The predicted molar refractivity (Wildman–Crippen MR) is 66.8 cm³/mol. The molecule has 1 aromatic carbocycles. The summed E-state index contributed by atoms with van der Waals surface area (Å²) in [6.07, 6.45) is 0. The minimum absolute atomic E-state index is 0.00673. The average Bonchev–Trinajstić information content (AvgIpc) is 2.30. The van der Waals surface area contributed by atoms with Gasteiger partial charge in [0.1, 0.15) is 6.04 Å². The molecule has 0 radical (unpaired) electrons. The molecule has 1 fully saturated rings. The van der Waals surface area contributed by atoms with Crippen molar-refractivity contribution in [3.05, 3.63) is 34.3 Å². The maximum atomic E-state index is 9.05. The summed E-state index contributed by atoms with van der Waals surface area (Å²) in [6.45, 7) is 3.51. The van der Waals surface area contributed by atoms with Crippen LogP contribution in [0.15, 0.2) is 28.7 Å². The number of nitrogens with zero attached hydrogens (tertiary/aromatic N) is 2. The monoisotopic (exact) mass is 279 g/mol. The first-order valence-corrected chi connectivity index (χ1v) is 6.18. The second kappa shape index (κ2) is 5.44. The molecule has 2 rings (SSSR count). The molecule has 16 heavy (non-hydrogen) atoms. The molecule has 4 heteroatoms. The second-order valence-electron chi connectivity index (χ2n) is 3.95. The lowest BCUT2D eigenvalue weighted by Crippen LogP contribution is -2.49. The van der Waals surface area contributed by atoms with Gasteiger partial charge in [-0.2, -0.15) is 5.26 Å². The van der Waals surface area contributed by atoms with E-state index in [1.54, 1.807) is 0 Å². The maximum absolute atomic E-state index is 9.05. The van der Waals surface area contributed by atoms with Crippen molar-refractivity contribution in [2.24, 2.45) is 0 Å². The fourth-order valence-corrected chi connectivity index (χ4v) is 2.38. The van der Waals surface area contributed by atoms with E-state index in [-0.39, 0.29) is 6.04 Å². The first-order valence-electron chi connectivity index (χ1n) is 5.38. The summed E-state index contributed by atoms with van der Waals surface area (Å²) < 4.78 is 1.09. The Morgan fingerprint density at radius 1 is 1.56 bits per heavy atom. The zero-order valence-electron chi connectivity index (χ0n) is 8.99. The van der Waals surface area contributed by atoms with E-state index < -0.39 is 0 Å². The molecule has 1 aliphatic rings. The van der Waals surface area contributed by atoms with Crippen LogP contribution in [0.3, 0.4) is 0 Å². The Kier molecular flexibility index (Phi) is 3.94. The topological polar surface area (TPSA) is 39.1 Å². The van der Waals surface area contributed by atoms with Crippen molar-refractivity contribution in [1.82, 2.24) is 10.2 Å². The molecule has 1 N–H and O–H groups in total. The highest BCUT2D eigenvalue weighted by Crippen LogP contribution is 2.15. The number of rotatable bonds is 2. The summed E-state index contributed by atoms with van der Waals surface area (Å²) in [5, 5.41) is 12.3. The fourth-order valence-electron chi connectivity index (χ4n) is 1.93. The largest absolute Gasteiger partial charge is 0.313 e. The van der Waals surface area contributed by atoms with Crippen molar-refractivity contribution in [1.29, 1.82) is 5.26 Å². The van der Waals surface area contributed by atoms with Gasteiger partial charge in [-0.1, -0.05) is 28.1 Å². The van der Waals surface area contributed by atoms with E-state index in [4.69, 9.17) is 5.26 Å². The Labute approximate surface area is 104 Å². The highest BCUT2D eigenvalue weighted by atomic mass is 79.9. The lowest BCUT2D eigenvalue weighted by Gasteiger charge is -2.31. The number of hydrogen-bond acceptors (Lipinski definition) is 3. The van der Waals surface area contributed by atoms with Gasteiger partial charge in [0.2, 0.25) is 0 Å². The number of piperazine rings is 1. The number of benzene rings is 1. The Balaban J connectivity index is 2.05. The van der Waals surface area contributed by atoms with Crippen LogP contribution in [0.1, 0.15) is 5.56 Å². The molecule has 84 valence electrons. The summed E-state index contributed by atoms with van der Waals surface area (Å²) >= 11 is 3.46. The van der Waals surface area contributed by atoms with Crippen molar-refractivity contribution < 1.29 is 0 Å². The highest BCUT2D eigenvalue weighted by molar-refractivity contribution is 9.10. The first-order chi connectivity index (χ1) is 7.79. The Bertz CT molecular complexity index is 399. The second-order valence-corrected chi connectivity index (χ2v) is 4.87. The molecule has 1 unspecified atom stereocenters. The molecule has 0 bridgehead atoms. The Morgan fingerprint density at radius 2 is 2.44 bits per heavy atom. The zero-order chi connectivity index (χ0) is 11.4. The number of nitrogens with one attached hydrogen (secondary N) is 1. The standard InChI is InChI=1S/C12H14BrN3/c13-11-3-1-2-10(6-11)9-16-5-4-15-8-12(16)7-14/h1-3,6,12,15H,4-5,8-9H2. The van der Waals surface area contributed by atoms with Crippen LogP contribution in [-0.2, 0) is 6.54 Å². The van der Waals surface area contributed by atoms with E-state index in [0.717, 1.165) is 30.7 Å². The summed E-state index contributed by atoms with van der Waals surface area (Å²) in [4.78, 5) is 2.22. The minimum atomic E-state index is -0.00673. The number of nitriles is 1. The SMILES string of the molecule is N#CC1CNCCN1Cc1cccc(Br)c1. The van der Waals surface area contributed by atoms with Gasteiger partial charge in [0.05, 0.1) is 6.07 Å². The summed E-state index contributed by atoms with van der Waals surface area (Å²) in [7, 11) is 0. The van der Waals surface area contributed by atoms with E-state index in [1.807, 2.05) is 12.1 Å². The van der Waals surface area contributed by atoms with Crippen LogP contribution in [0.5, 0.6) is 0 Å². The Morgan fingerprint density at radius 3 is 3.19 bits per heavy atom. The summed E-state index contributed by atoms with van der Waals surface area (Å²) in [5.74, 6) is 0. The van der Waals surface area contributed by atoms with E-state index in [9.17, 15) is 0 Å². The summed E-state index contributed by atoms with van der Waals surface area (Å²) in [6, 6.07) is 10.6. The van der Waals surface area contributed by atoms with Gasteiger partial charge in [-0.25, -0.2) is 0 Å². The van der Waals surface area contributed by atoms with E-state index in [0.29, 0.717) is 0 Å². The molecular weight excluding hydrogens is 266 g/mol. The molecule has 1 saturated heterocycles. The lowest BCUT2D eigenvalue weighted by molar-refractivity contribution is 0.189. The molecule has 0 spiro atoms. The highest BCUT2D eigenvalue weighted by Gasteiger charge is 2.21. The van der Waals surface area contributed by atoms with Crippen LogP contribution < -0.4 is 5.32 Å². The number of halogens is 1. The van der Waals surface area contributed by atoms with Gasteiger partial charge < -0.3 is 5.32 Å². The van der Waals surface area contributed by atoms with Crippen LogP contribution in [-0.4, -0.2) is 30.6 Å². The maximum Gasteiger partial charge on any atom is 0.111 e. The lowest BCUT2D eigenvalue weighted by atomic mass is 10.1. The number of hydrogen-bond donors (Lipinski definition) is 1. The van der Waals surface area contributed by atoms with Crippen molar-refractivity contribution >= 4 is 15.9 Å². The van der Waals surface area contributed by atoms with Gasteiger partial charge in [0, 0.05) is 30.7 Å².